The summed E-state index contributed by atoms with van der Waals surface area (Å²) < 4.78 is 28.4. The Bertz CT molecular complexity index is 619. The normalized spacial score (nSPS) is 10.7. The lowest BCUT2D eigenvalue weighted by molar-refractivity contribution is -0.0498. The van der Waals surface area contributed by atoms with E-state index in [4.69, 9.17) is 0 Å². The number of carbonyl (C=O) groups excluding carboxylic acids is 1. The predicted molar refractivity (Wildman–Crippen MR) is 72.4 cm³/mol. The van der Waals surface area contributed by atoms with E-state index in [1.807, 2.05) is 26.0 Å². The second-order valence-electron chi connectivity index (χ2n) is 4.48. The van der Waals surface area contributed by atoms with Crippen molar-refractivity contribution in [2.45, 2.75) is 20.5 Å². The van der Waals surface area contributed by atoms with E-state index < -0.39 is 6.61 Å². The van der Waals surface area contributed by atoms with Crippen LogP contribution < -0.4 is 4.74 Å². The van der Waals surface area contributed by atoms with E-state index in [1.54, 1.807) is 6.07 Å². The first-order valence-electron chi connectivity index (χ1n) is 6.15. The summed E-state index contributed by atoms with van der Waals surface area (Å²) in [5.41, 5.74) is 3.02. The Morgan fingerprint density at radius 2 is 1.70 bits per heavy atom. The number of ether oxygens (including phenoxy) is 1. The number of rotatable bonds is 4. The van der Waals surface area contributed by atoms with Gasteiger partial charge in [0.1, 0.15) is 5.75 Å². The second-order valence-corrected chi connectivity index (χ2v) is 4.48. The molecule has 0 aromatic heterocycles. The molecule has 0 saturated carbocycles. The number of ketones is 1. The molecule has 0 fully saturated rings. The summed E-state index contributed by atoms with van der Waals surface area (Å²) in [5, 5.41) is 0. The molecule has 0 aliphatic rings. The summed E-state index contributed by atoms with van der Waals surface area (Å²) in [6.07, 6.45) is 0. The van der Waals surface area contributed by atoms with Gasteiger partial charge in [-0.25, -0.2) is 0 Å². The number of halogens is 2. The Kier molecular flexibility index (Phi) is 4.13. The van der Waals surface area contributed by atoms with Crippen LogP contribution in [0.1, 0.15) is 27.0 Å². The van der Waals surface area contributed by atoms with Crippen LogP contribution in [0.15, 0.2) is 42.5 Å². The third-order valence-corrected chi connectivity index (χ3v) is 3.19. The maximum Gasteiger partial charge on any atom is 0.387 e. The molecule has 20 heavy (non-hydrogen) atoms. The van der Waals surface area contributed by atoms with Gasteiger partial charge in [-0.05, 0) is 49.2 Å². The highest BCUT2D eigenvalue weighted by molar-refractivity contribution is 6.10. The van der Waals surface area contributed by atoms with Crippen LogP contribution in [0.3, 0.4) is 0 Å². The molecule has 104 valence electrons. The highest BCUT2D eigenvalue weighted by atomic mass is 19.3. The average Bonchev–Trinajstić information content (AvgIpc) is 2.41. The monoisotopic (exact) mass is 276 g/mol. The summed E-state index contributed by atoms with van der Waals surface area (Å²) in [6.45, 7) is 0.957. The van der Waals surface area contributed by atoms with Crippen molar-refractivity contribution in [3.05, 3.63) is 64.7 Å². The second kappa shape index (κ2) is 5.82. The van der Waals surface area contributed by atoms with Gasteiger partial charge >= 0.3 is 6.61 Å². The maximum absolute atomic E-state index is 12.4. The van der Waals surface area contributed by atoms with E-state index in [9.17, 15) is 13.6 Å². The van der Waals surface area contributed by atoms with Crippen LogP contribution in [-0.2, 0) is 0 Å². The third kappa shape index (κ3) is 3.02. The van der Waals surface area contributed by atoms with E-state index in [-0.39, 0.29) is 11.5 Å². The van der Waals surface area contributed by atoms with Crippen molar-refractivity contribution >= 4 is 5.78 Å². The molecule has 2 rings (SSSR count). The van der Waals surface area contributed by atoms with Crippen molar-refractivity contribution in [3.8, 4) is 5.75 Å². The smallest absolute Gasteiger partial charge is 0.387 e. The van der Waals surface area contributed by atoms with Crippen molar-refractivity contribution in [1.82, 2.24) is 0 Å². The number of carbonyl (C=O) groups is 1. The summed E-state index contributed by atoms with van der Waals surface area (Å²) in [5.74, 6) is -0.0905. The lowest BCUT2D eigenvalue weighted by atomic mass is 9.96. The van der Waals surface area contributed by atoms with E-state index in [0.717, 1.165) is 11.1 Å². The minimum atomic E-state index is -2.87. The quantitative estimate of drug-likeness (QED) is 0.785. The first-order chi connectivity index (χ1) is 9.49. The summed E-state index contributed by atoms with van der Waals surface area (Å²) in [4.78, 5) is 12.4. The standard InChI is InChI=1S/C16H14F2O2/c1-10-4-3-5-14(11(10)2)15(19)12-6-8-13(9-7-12)20-16(17)18/h3-9,16H,1-2H3. The molecule has 0 N–H and O–H groups in total. The fraction of sp³-hybridized carbons (Fsp3) is 0.188. The SMILES string of the molecule is Cc1cccc(C(=O)c2ccc(OC(F)F)cc2)c1C. The molecule has 0 aliphatic heterocycles. The lowest BCUT2D eigenvalue weighted by Crippen LogP contribution is -2.05. The zero-order chi connectivity index (χ0) is 14.7. The first kappa shape index (κ1) is 14.2. The molecule has 0 atom stereocenters. The highest BCUT2D eigenvalue weighted by Gasteiger charge is 2.13. The molecule has 0 saturated heterocycles. The number of hydrogen-bond acceptors (Lipinski definition) is 2. The largest absolute Gasteiger partial charge is 0.435 e. The molecular weight excluding hydrogens is 262 g/mol. The molecule has 2 aromatic carbocycles. The van der Waals surface area contributed by atoms with Gasteiger partial charge < -0.3 is 4.74 Å². The minimum absolute atomic E-state index is 0.0394. The van der Waals surface area contributed by atoms with Gasteiger partial charge in [0.25, 0.3) is 0 Å². The van der Waals surface area contributed by atoms with Crippen molar-refractivity contribution in [2.24, 2.45) is 0 Å². The van der Waals surface area contributed by atoms with E-state index in [1.165, 1.54) is 24.3 Å². The van der Waals surface area contributed by atoms with Crippen LogP contribution in [0.5, 0.6) is 5.75 Å². The van der Waals surface area contributed by atoms with Gasteiger partial charge in [0.05, 0.1) is 0 Å². The Labute approximate surface area is 116 Å². The Morgan fingerprint density at radius 1 is 1.05 bits per heavy atom. The van der Waals surface area contributed by atoms with Gasteiger partial charge in [-0.3, -0.25) is 4.79 Å². The zero-order valence-electron chi connectivity index (χ0n) is 11.2. The van der Waals surface area contributed by atoms with Crippen LogP contribution in [-0.4, -0.2) is 12.4 Å². The van der Waals surface area contributed by atoms with Gasteiger partial charge in [-0.1, -0.05) is 18.2 Å². The molecule has 0 bridgehead atoms. The van der Waals surface area contributed by atoms with Crippen LogP contribution in [0.4, 0.5) is 8.78 Å². The summed E-state index contributed by atoms with van der Waals surface area (Å²) in [6, 6.07) is 11.2. The van der Waals surface area contributed by atoms with Crippen molar-refractivity contribution in [1.29, 1.82) is 0 Å². The number of hydrogen-bond donors (Lipinski definition) is 0. The molecule has 2 aromatic rings. The summed E-state index contributed by atoms with van der Waals surface area (Å²) in [7, 11) is 0. The topological polar surface area (TPSA) is 26.3 Å². The zero-order valence-corrected chi connectivity index (χ0v) is 11.2. The van der Waals surface area contributed by atoms with Gasteiger partial charge in [0.15, 0.2) is 5.78 Å². The molecule has 0 unspecified atom stereocenters. The van der Waals surface area contributed by atoms with Crippen molar-refractivity contribution in [3.63, 3.8) is 0 Å². The fourth-order valence-corrected chi connectivity index (χ4v) is 1.94. The predicted octanol–water partition coefficient (Wildman–Crippen LogP) is 4.14. The van der Waals surface area contributed by atoms with Crippen molar-refractivity contribution in [2.75, 3.05) is 0 Å². The van der Waals surface area contributed by atoms with E-state index in [0.29, 0.717) is 11.1 Å². The van der Waals surface area contributed by atoms with Crippen LogP contribution in [0.2, 0.25) is 0 Å². The molecule has 0 spiro atoms. The van der Waals surface area contributed by atoms with E-state index >= 15 is 0 Å². The van der Waals surface area contributed by atoms with Gasteiger partial charge in [-0.15, -0.1) is 0 Å². The molecule has 0 amide bonds. The molecule has 0 radical (unpaired) electrons. The third-order valence-electron chi connectivity index (χ3n) is 3.19. The number of aryl methyl sites for hydroxylation is 1. The lowest BCUT2D eigenvalue weighted by Gasteiger charge is -2.08. The molecular formula is C16H14F2O2. The van der Waals surface area contributed by atoms with Crippen molar-refractivity contribution < 1.29 is 18.3 Å². The molecule has 2 nitrogen and oxygen atoms in total. The van der Waals surface area contributed by atoms with Crippen LogP contribution in [0.25, 0.3) is 0 Å². The van der Waals surface area contributed by atoms with Crippen LogP contribution >= 0.6 is 0 Å². The fourth-order valence-electron chi connectivity index (χ4n) is 1.94. The van der Waals surface area contributed by atoms with Gasteiger partial charge in [0.2, 0.25) is 0 Å². The van der Waals surface area contributed by atoms with Gasteiger partial charge in [-0.2, -0.15) is 8.78 Å². The highest BCUT2D eigenvalue weighted by Crippen LogP contribution is 2.20. The molecule has 0 heterocycles. The average molecular weight is 276 g/mol. The molecule has 4 heteroatoms. The first-order valence-corrected chi connectivity index (χ1v) is 6.15. The Balaban J connectivity index is 2.27. The minimum Gasteiger partial charge on any atom is -0.435 e. The van der Waals surface area contributed by atoms with Crippen LogP contribution in [0, 0.1) is 13.8 Å². The Hall–Kier alpha value is -2.23. The molecule has 0 aliphatic carbocycles. The number of alkyl halides is 2. The van der Waals surface area contributed by atoms with E-state index in [2.05, 4.69) is 4.74 Å². The summed E-state index contributed by atoms with van der Waals surface area (Å²) >= 11 is 0. The number of benzene rings is 2. The van der Waals surface area contributed by atoms with Gasteiger partial charge in [0, 0.05) is 11.1 Å². The maximum atomic E-state index is 12.4. The Morgan fingerprint density at radius 3 is 2.30 bits per heavy atom.